The van der Waals surface area contributed by atoms with Gasteiger partial charge in [0.1, 0.15) is 10.5 Å². The summed E-state index contributed by atoms with van der Waals surface area (Å²) in [6.45, 7) is 0. The van der Waals surface area contributed by atoms with Crippen LogP contribution in [0.5, 0.6) is 0 Å². The summed E-state index contributed by atoms with van der Waals surface area (Å²) in [4.78, 5) is 16.0. The van der Waals surface area contributed by atoms with Crippen molar-refractivity contribution in [1.29, 1.82) is 0 Å². The Bertz CT molecular complexity index is 680. The van der Waals surface area contributed by atoms with Gasteiger partial charge in [-0.1, -0.05) is 42.1 Å². The van der Waals surface area contributed by atoms with E-state index in [0.717, 1.165) is 16.3 Å². The van der Waals surface area contributed by atoms with Gasteiger partial charge in [-0.05, 0) is 5.56 Å². The third-order valence-electron chi connectivity index (χ3n) is 2.69. The minimum Gasteiger partial charge on any atom is -0.357 e. The number of H-pyrrole nitrogens is 1. The van der Waals surface area contributed by atoms with E-state index in [0.29, 0.717) is 11.6 Å². The van der Waals surface area contributed by atoms with Gasteiger partial charge in [0.15, 0.2) is 5.65 Å². The van der Waals surface area contributed by atoms with Crippen molar-refractivity contribution in [3.8, 4) is 0 Å². The molecule has 96 valence electrons. The molecule has 1 aromatic carbocycles. The van der Waals surface area contributed by atoms with E-state index in [1.165, 1.54) is 5.56 Å². The molecule has 3 rings (SSSR count). The van der Waals surface area contributed by atoms with Crippen molar-refractivity contribution < 1.29 is 0 Å². The number of imidazole rings is 1. The average molecular weight is 271 g/mol. The zero-order chi connectivity index (χ0) is 13.1. The van der Waals surface area contributed by atoms with Crippen molar-refractivity contribution in [2.45, 2.75) is 10.8 Å². The number of nitrogens with zero attached hydrogens (tertiary/aromatic N) is 3. The molecule has 0 aliphatic carbocycles. The van der Waals surface area contributed by atoms with E-state index < -0.39 is 0 Å². The highest BCUT2D eigenvalue weighted by atomic mass is 32.2. The lowest BCUT2D eigenvalue weighted by atomic mass is 10.2. The highest BCUT2D eigenvalue weighted by Crippen LogP contribution is 2.27. The van der Waals surface area contributed by atoms with Gasteiger partial charge in [-0.25, -0.2) is 9.97 Å². The van der Waals surface area contributed by atoms with Crippen LogP contribution >= 0.6 is 11.8 Å². The number of aromatic nitrogens is 4. The van der Waals surface area contributed by atoms with E-state index in [1.54, 1.807) is 25.1 Å². The Morgan fingerprint density at radius 1 is 1.21 bits per heavy atom. The molecule has 0 bridgehead atoms. The first kappa shape index (κ1) is 12.0. The van der Waals surface area contributed by atoms with Crippen molar-refractivity contribution >= 4 is 28.9 Å². The van der Waals surface area contributed by atoms with Crippen molar-refractivity contribution in [2.24, 2.45) is 0 Å². The van der Waals surface area contributed by atoms with Gasteiger partial charge in [-0.3, -0.25) is 0 Å². The molecular weight excluding hydrogens is 258 g/mol. The van der Waals surface area contributed by atoms with E-state index in [1.807, 2.05) is 18.2 Å². The quantitative estimate of drug-likeness (QED) is 0.564. The van der Waals surface area contributed by atoms with Crippen LogP contribution in [0, 0.1) is 0 Å². The Hall–Kier alpha value is -2.08. The summed E-state index contributed by atoms with van der Waals surface area (Å²) in [5, 5.41) is 3.87. The Morgan fingerprint density at radius 3 is 2.84 bits per heavy atom. The molecule has 0 saturated heterocycles. The molecule has 19 heavy (non-hydrogen) atoms. The van der Waals surface area contributed by atoms with Gasteiger partial charge in [-0.15, -0.1) is 0 Å². The van der Waals surface area contributed by atoms with E-state index >= 15 is 0 Å². The lowest BCUT2D eigenvalue weighted by Gasteiger charge is -2.04. The number of thioether (sulfide) groups is 1. The third-order valence-corrected chi connectivity index (χ3v) is 3.74. The minimum absolute atomic E-state index is 0.593. The lowest BCUT2D eigenvalue weighted by Crippen LogP contribution is -1.98. The smallest absolute Gasteiger partial charge is 0.225 e. The summed E-state index contributed by atoms with van der Waals surface area (Å²) < 4.78 is 0. The van der Waals surface area contributed by atoms with Crippen LogP contribution in [-0.4, -0.2) is 27.0 Å². The lowest BCUT2D eigenvalue weighted by molar-refractivity contribution is 1.08. The van der Waals surface area contributed by atoms with Crippen LogP contribution in [0.15, 0.2) is 41.7 Å². The molecule has 3 aromatic rings. The first-order chi connectivity index (χ1) is 9.36. The zero-order valence-electron chi connectivity index (χ0n) is 10.4. The number of nitrogens with one attached hydrogen (secondary N) is 2. The second kappa shape index (κ2) is 5.27. The Kier molecular flexibility index (Phi) is 3.33. The maximum atomic E-state index is 4.48. The Labute approximate surface area is 114 Å². The van der Waals surface area contributed by atoms with Crippen LogP contribution in [0.25, 0.3) is 11.2 Å². The van der Waals surface area contributed by atoms with Gasteiger partial charge in [0.05, 0.1) is 6.33 Å². The second-order valence-electron chi connectivity index (χ2n) is 3.98. The number of anilines is 1. The van der Waals surface area contributed by atoms with E-state index in [-0.39, 0.29) is 0 Å². The molecule has 2 N–H and O–H groups in total. The van der Waals surface area contributed by atoms with Crippen LogP contribution in [0.3, 0.4) is 0 Å². The van der Waals surface area contributed by atoms with Crippen LogP contribution < -0.4 is 5.32 Å². The molecule has 2 heterocycles. The molecule has 0 radical (unpaired) electrons. The molecule has 0 atom stereocenters. The maximum Gasteiger partial charge on any atom is 0.225 e. The largest absolute Gasteiger partial charge is 0.357 e. The molecule has 0 amide bonds. The summed E-state index contributed by atoms with van der Waals surface area (Å²) in [5.41, 5.74) is 2.85. The molecule has 0 saturated carbocycles. The van der Waals surface area contributed by atoms with Crippen LogP contribution in [0.2, 0.25) is 0 Å². The predicted octanol–water partition coefficient (Wildman–Crippen LogP) is 2.69. The number of rotatable bonds is 4. The molecule has 0 fully saturated rings. The highest BCUT2D eigenvalue weighted by Gasteiger charge is 2.09. The minimum atomic E-state index is 0.593. The predicted molar refractivity (Wildman–Crippen MR) is 77.2 cm³/mol. The summed E-state index contributed by atoms with van der Waals surface area (Å²) in [6, 6.07) is 10.3. The van der Waals surface area contributed by atoms with E-state index in [2.05, 4.69) is 37.4 Å². The molecule has 5 nitrogen and oxygen atoms in total. The number of hydrogen-bond acceptors (Lipinski definition) is 5. The molecule has 2 aromatic heterocycles. The van der Waals surface area contributed by atoms with Gasteiger partial charge in [0.25, 0.3) is 0 Å². The van der Waals surface area contributed by atoms with Crippen LogP contribution in [0.1, 0.15) is 5.56 Å². The summed E-state index contributed by atoms with van der Waals surface area (Å²) in [7, 11) is 1.81. The number of aromatic amines is 1. The molecule has 0 aliphatic heterocycles. The van der Waals surface area contributed by atoms with Gasteiger partial charge in [-0.2, -0.15) is 4.98 Å². The van der Waals surface area contributed by atoms with Gasteiger partial charge in [0, 0.05) is 12.8 Å². The average Bonchev–Trinajstić information content (AvgIpc) is 2.94. The highest BCUT2D eigenvalue weighted by molar-refractivity contribution is 7.98. The van der Waals surface area contributed by atoms with Gasteiger partial charge >= 0.3 is 0 Å². The number of fused-ring (bicyclic) bond motifs is 1. The normalized spacial score (nSPS) is 10.8. The summed E-state index contributed by atoms with van der Waals surface area (Å²) in [5.74, 6) is 1.46. The standard InChI is InChI=1S/C13H13N5S/c1-14-13-17-11-10(15-8-16-11)12(18-13)19-7-9-5-3-2-4-6-9/h2-6,8H,7H2,1H3,(H2,14,15,16,17,18). The van der Waals surface area contributed by atoms with Crippen molar-refractivity contribution in [3.05, 3.63) is 42.2 Å². The number of benzene rings is 1. The third kappa shape index (κ3) is 2.53. The molecule has 0 aliphatic rings. The summed E-state index contributed by atoms with van der Waals surface area (Å²) in [6.07, 6.45) is 1.64. The van der Waals surface area contributed by atoms with E-state index in [9.17, 15) is 0 Å². The molecule has 0 spiro atoms. The van der Waals surface area contributed by atoms with Gasteiger partial charge in [0.2, 0.25) is 5.95 Å². The molecule has 6 heteroatoms. The Morgan fingerprint density at radius 2 is 2.05 bits per heavy atom. The number of hydrogen-bond donors (Lipinski definition) is 2. The SMILES string of the molecule is CNc1nc(SCc2ccccc2)c2[nH]cnc2n1. The zero-order valence-corrected chi connectivity index (χ0v) is 11.2. The fraction of sp³-hybridized carbons (Fsp3) is 0.154. The molecular formula is C13H13N5S. The van der Waals surface area contributed by atoms with E-state index in [4.69, 9.17) is 0 Å². The van der Waals surface area contributed by atoms with Gasteiger partial charge < -0.3 is 10.3 Å². The second-order valence-corrected chi connectivity index (χ2v) is 4.94. The fourth-order valence-corrected chi connectivity index (χ4v) is 2.69. The van der Waals surface area contributed by atoms with Crippen molar-refractivity contribution in [1.82, 2.24) is 19.9 Å². The Balaban J connectivity index is 1.89. The van der Waals surface area contributed by atoms with Crippen molar-refractivity contribution in [2.75, 3.05) is 12.4 Å². The van der Waals surface area contributed by atoms with Crippen LogP contribution in [0.4, 0.5) is 5.95 Å². The fourth-order valence-electron chi connectivity index (χ4n) is 1.75. The topological polar surface area (TPSA) is 66.5 Å². The maximum absolute atomic E-state index is 4.48. The summed E-state index contributed by atoms with van der Waals surface area (Å²) >= 11 is 1.67. The first-order valence-electron chi connectivity index (χ1n) is 5.92. The first-order valence-corrected chi connectivity index (χ1v) is 6.91. The van der Waals surface area contributed by atoms with Crippen LogP contribution in [-0.2, 0) is 5.75 Å². The monoisotopic (exact) mass is 271 g/mol. The molecule has 0 unspecified atom stereocenters. The van der Waals surface area contributed by atoms with Crippen molar-refractivity contribution in [3.63, 3.8) is 0 Å².